The molecule has 4 fully saturated rings. The average molecular weight is 1360 g/mol. The molecule has 0 aromatic carbocycles. The maximum Gasteiger partial charge on any atom is 0.352 e. The number of aliphatic hydroxyl groups is 2. The number of fused-ring (bicyclic) bond motifs is 6. The summed E-state index contributed by atoms with van der Waals surface area (Å²) >= 11 is 2.71. The van der Waals surface area contributed by atoms with Crippen molar-refractivity contribution in [3.63, 3.8) is 0 Å². The number of ether oxygens (including phenoxy) is 2. The third-order valence-electron chi connectivity index (χ3n) is 17.1. The summed E-state index contributed by atoms with van der Waals surface area (Å²) < 4.78 is 69.3. The van der Waals surface area contributed by atoms with Crippen molar-refractivity contribution >= 4 is 105 Å². The van der Waals surface area contributed by atoms with Gasteiger partial charge >= 0.3 is 5.97 Å². The second-order valence-electron chi connectivity index (χ2n) is 26.9. The number of carboxylic acid groups (broad SMARTS) is 1. The maximum absolute atomic E-state index is 13.9. The van der Waals surface area contributed by atoms with Crippen LogP contribution in [0.25, 0.3) is 32.2 Å². The van der Waals surface area contributed by atoms with Gasteiger partial charge in [-0.2, -0.15) is 29.4 Å². The summed E-state index contributed by atoms with van der Waals surface area (Å²) in [5.41, 5.74) is 10.0. The lowest BCUT2D eigenvalue weighted by Crippen LogP contribution is -2.46. The first-order valence-electron chi connectivity index (χ1n) is 30.6. The van der Waals surface area contributed by atoms with Crippen molar-refractivity contribution in [1.82, 2.24) is 59.2 Å². The first kappa shape index (κ1) is 67.6. The molecule has 91 heavy (non-hydrogen) atoms. The molecule has 492 valence electrons. The normalized spacial score (nSPS) is 21.4. The van der Waals surface area contributed by atoms with E-state index in [-0.39, 0.29) is 70.4 Å². The minimum atomic E-state index is -3.74. The highest BCUT2D eigenvalue weighted by Crippen LogP contribution is 2.51. The van der Waals surface area contributed by atoms with Gasteiger partial charge in [0.25, 0.3) is 5.91 Å². The highest BCUT2D eigenvalue weighted by Gasteiger charge is 2.47. The summed E-state index contributed by atoms with van der Waals surface area (Å²) in [5, 5.41) is 51.7. The number of nitrogens with zero attached hydrogens (tertiary/aromatic N) is 14. The summed E-state index contributed by atoms with van der Waals surface area (Å²) in [5.74, 6) is 0.487. The van der Waals surface area contributed by atoms with Crippen LogP contribution in [-0.4, -0.2) is 183 Å². The molecular weight excluding hydrogens is 1280 g/mol. The Hall–Kier alpha value is -6.31. The first-order valence-corrected chi connectivity index (χ1v) is 43.4. The van der Waals surface area contributed by atoms with E-state index in [0.717, 1.165) is 59.3 Å². The van der Waals surface area contributed by atoms with Crippen LogP contribution in [0, 0.1) is 11.8 Å². The van der Waals surface area contributed by atoms with E-state index in [1.54, 1.807) is 43.2 Å². The van der Waals surface area contributed by atoms with E-state index in [2.05, 4.69) is 79.7 Å². The Morgan fingerprint density at radius 1 is 0.725 bits per heavy atom. The molecule has 4 bridgehead atoms. The molecule has 3 aliphatic heterocycles. The highest BCUT2D eigenvalue weighted by atomic mass is 32.2. The minimum absolute atomic E-state index is 0.00141. The third-order valence-corrected chi connectivity index (χ3v) is 25.2. The Bertz CT molecular complexity index is 4030. The van der Waals surface area contributed by atoms with Crippen molar-refractivity contribution in [2.75, 3.05) is 49.8 Å². The maximum atomic E-state index is 13.9. The van der Waals surface area contributed by atoms with Crippen molar-refractivity contribution < 1.29 is 51.2 Å². The number of nitrogen functional groups attached to an aromatic ring is 1. The quantitative estimate of drug-likeness (QED) is 0.0255. The second-order valence-corrected chi connectivity index (χ2v) is 44.1. The van der Waals surface area contributed by atoms with Gasteiger partial charge in [-0.25, -0.2) is 46.6 Å². The topological polar surface area (TPSA) is 367 Å². The third kappa shape index (κ3) is 15.5. The Morgan fingerprint density at radius 2 is 1.23 bits per heavy atom. The summed E-state index contributed by atoms with van der Waals surface area (Å²) in [6.07, 6.45) is 19.1. The molecule has 8 atom stereocenters. The predicted octanol–water partition coefficient (Wildman–Crippen LogP) is 8.50. The number of carbonyl (C=O) groups is 2. The van der Waals surface area contributed by atoms with Gasteiger partial charge in [0.05, 0.1) is 44.7 Å². The van der Waals surface area contributed by atoms with Gasteiger partial charge in [-0.05, 0) is 82.7 Å². The molecule has 4 unspecified atom stereocenters. The fourth-order valence-electron chi connectivity index (χ4n) is 12.7. The van der Waals surface area contributed by atoms with Crippen molar-refractivity contribution in [1.29, 1.82) is 0 Å². The molecule has 2 aliphatic carbocycles. The monoisotopic (exact) mass is 1360 g/mol. The molecular formula is C58H82N16O11S4Si2. The molecule has 7 aromatic heterocycles. The van der Waals surface area contributed by atoms with Crippen LogP contribution in [0.4, 0.5) is 11.6 Å². The van der Waals surface area contributed by atoms with Gasteiger partial charge in [-0.1, -0.05) is 52.1 Å². The van der Waals surface area contributed by atoms with Crippen LogP contribution >= 0.6 is 22.7 Å². The molecule has 12 rings (SSSR count). The molecule has 1 amide bonds. The number of rotatable bonds is 21. The van der Waals surface area contributed by atoms with Gasteiger partial charge in [0.15, 0.2) is 42.5 Å². The number of carboxylic acids is 1. The zero-order chi connectivity index (χ0) is 65.5. The molecule has 2 saturated carbocycles. The van der Waals surface area contributed by atoms with Gasteiger partial charge in [0, 0.05) is 90.8 Å². The lowest BCUT2D eigenvalue weighted by atomic mass is 9.79. The van der Waals surface area contributed by atoms with E-state index < -0.39 is 54.0 Å². The Morgan fingerprint density at radius 3 is 1.67 bits per heavy atom. The van der Waals surface area contributed by atoms with E-state index in [4.69, 9.17) is 35.4 Å². The zero-order valence-corrected chi connectivity index (χ0v) is 58.2. The second kappa shape index (κ2) is 27.3. The average Bonchev–Trinajstić information content (AvgIpc) is 1.70. The van der Waals surface area contributed by atoms with Crippen LogP contribution in [0.2, 0.25) is 51.4 Å². The van der Waals surface area contributed by atoms with Crippen LogP contribution in [0.15, 0.2) is 51.1 Å². The van der Waals surface area contributed by atoms with Crippen molar-refractivity contribution in [3.8, 4) is 20.9 Å². The Kier molecular flexibility index (Phi) is 20.3. The molecule has 0 spiro atoms. The number of anilines is 2. The number of aliphatic hydroxyl groups excluding tert-OH is 2. The zero-order valence-electron chi connectivity index (χ0n) is 53.0. The molecule has 10 heterocycles. The SMILES string of the molecule is CC(O)c1ncc(-c2cnn3c(N(COCC[Si](C)(C)C)COCC[Si](C)(C)C)c(S(C)(=O)=O)c(C4C[C@H]5CC[C@@H](C4)C5)nc23)s1.CC(O)c1ncc(-c2cnn3c(N)c(S(C)(=O)=O)c(C4C[C@H]5CC[C@@H](C4)N5C(=O)c4ncn[nH]4)nc23)s1.O=C(O)C1=NN=CC1. The summed E-state index contributed by atoms with van der Waals surface area (Å²) in [7, 11) is -10.2. The number of thiazole rings is 2. The van der Waals surface area contributed by atoms with Gasteiger partial charge in [0.2, 0.25) is 5.82 Å². The van der Waals surface area contributed by atoms with E-state index in [0.29, 0.717) is 88.4 Å². The van der Waals surface area contributed by atoms with Crippen molar-refractivity contribution in [3.05, 3.63) is 58.3 Å². The number of sulfone groups is 2. The largest absolute Gasteiger partial charge is 0.477 e. The number of hydrogen-bond donors (Lipinski definition) is 5. The number of aliphatic carboxylic acids is 1. The van der Waals surface area contributed by atoms with Crippen molar-refractivity contribution in [2.45, 2.75) is 175 Å². The van der Waals surface area contributed by atoms with Gasteiger partial charge in [-0.3, -0.25) is 9.89 Å². The number of H-pyrrole nitrogens is 1. The lowest BCUT2D eigenvalue weighted by molar-refractivity contribution is -0.129. The molecule has 7 aromatic rings. The molecule has 33 heteroatoms. The van der Waals surface area contributed by atoms with Crippen LogP contribution in [-0.2, 0) is 33.9 Å². The van der Waals surface area contributed by atoms with Crippen LogP contribution in [0.5, 0.6) is 0 Å². The standard InChI is InChI=1S/C32H53N5O5S2Si2.C22H25N9O4S2.C4H4N2O2/c1-22(38)31-33-19-27(43-31)26-18-34-37-30(26)35-28(25-16-23-9-10-24(15-23)17-25)29(44(2,39)40)32(37)36(20-41-11-13-45(3,4)5)21-42-12-14-46(6,7)8;1-10(32)21-24-8-15(36-21)14-7-27-31-18(23)17(37(2,34)35)16(28-20(14)31)11-5-12-3-4-13(6-11)30(12)22(33)19-25-9-26-29-19;7-4(8)3-1-2-5-6-3/h18-19,22-25,38H,9-17,20-21H2,1-8H3;7-13,32H,3-6,23H2,1-2H3,(H,25,26,29);2H,1H2,(H,7,8)/t22?,23-,24+,25?;10?,11?,12-,13+;. The van der Waals surface area contributed by atoms with Gasteiger partial charge < -0.3 is 40.3 Å². The summed E-state index contributed by atoms with van der Waals surface area (Å²) in [6.45, 7) is 18.8. The highest BCUT2D eigenvalue weighted by molar-refractivity contribution is 7.91. The molecule has 6 N–H and O–H groups in total. The molecule has 0 radical (unpaired) electrons. The fraction of sp³-hybridized carbons (Fsp3) is 0.586. The number of aromatic nitrogens is 11. The lowest BCUT2D eigenvalue weighted by Gasteiger charge is -2.38. The Balaban J connectivity index is 0.000000180. The van der Waals surface area contributed by atoms with E-state index in [1.807, 2.05) is 9.80 Å². The summed E-state index contributed by atoms with van der Waals surface area (Å²) in [6, 6.07) is 1.85. The van der Waals surface area contributed by atoms with E-state index >= 15 is 0 Å². The van der Waals surface area contributed by atoms with Gasteiger partial charge in [0.1, 0.15) is 57.6 Å². The number of carbonyl (C=O) groups excluding carboxylic acids is 1. The number of piperidine rings is 1. The molecule has 27 nitrogen and oxygen atoms in total. The van der Waals surface area contributed by atoms with Crippen LogP contribution in [0.1, 0.15) is 134 Å². The number of nitrogens with two attached hydrogens (primary N) is 1. The number of aromatic amines is 1. The smallest absolute Gasteiger partial charge is 0.352 e. The van der Waals surface area contributed by atoms with Crippen LogP contribution in [0.3, 0.4) is 0 Å². The summed E-state index contributed by atoms with van der Waals surface area (Å²) in [4.78, 5) is 51.4. The van der Waals surface area contributed by atoms with E-state index in [9.17, 15) is 36.6 Å². The first-order chi connectivity index (χ1) is 42.9. The number of hydrogen-bond acceptors (Lipinski definition) is 24. The predicted molar refractivity (Wildman–Crippen MR) is 353 cm³/mol. The van der Waals surface area contributed by atoms with Crippen LogP contribution < -0.4 is 10.6 Å². The van der Waals surface area contributed by atoms with Gasteiger partial charge in [-0.15, -0.1) is 27.8 Å². The minimum Gasteiger partial charge on any atom is -0.477 e. The van der Waals surface area contributed by atoms with Crippen molar-refractivity contribution in [2.24, 2.45) is 22.0 Å². The number of nitrogens with one attached hydrogen (secondary N) is 1. The Labute approximate surface area is 538 Å². The fourth-order valence-corrected chi connectivity index (χ4v) is 18.1. The molecule has 2 saturated heterocycles. The van der Waals surface area contributed by atoms with E-state index in [1.165, 1.54) is 65.2 Å². The number of amides is 1. The molecule has 5 aliphatic rings.